The Morgan fingerprint density at radius 3 is 2.40 bits per heavy atom. The van der Waals surface area contributed by atoms with Crippen LogP contribution in [-0.2, 0) is 0 Å². The summed E-state index contributed by atoms with van der Waals surface area (Å²) in [6.07, 6.45) is 4.17. The molecule has 3 nitrogen and oxygen atoms in total. The molecule has 0 radical (unpaired) electrons. The number of hydrogen-bond acceptors (Lipinski definition) is 3. The number of rotatable bonds is 5. The molecule has 0 aromatic heterocycles. The largest absolute Gasteiger partial charge is 0.497 e. The van der Waals surface area contributed by atoms with Crippen LogP contribution in [0.3, 0.4) is 0 Å². The Hall–Kier alpha value is -1.000. The summed E-state index contributed by atoms with van der Waals surface area (Å²) in [6, 6.07) is 13.9. The quantitative estimate of drug-likeness (QED) is 0.826. The third-order valence-electron chi connectivity index (χ3n) is 5.30. The maximum absolute atomic E-state index is 5.34. The van der Waals surface area contributed by atoms with Gasteiger partial charge in [-0.25, -0.2) is 0 Å². The van der Waals surface area contributed by atoms with Gasteiger partial charge in [0.25, 0.3) is 0 Å². The van der Waals surface area contributed by atoms with Crippen LogP contribution in [0.1, 0.15) is 30.9 Å². The molecule has 2 aromatic rings. The molecule has 0 bridgehead atoms. The number of benzene rings is 2. The molecule has 25 heavy (non-hydrogen) atoms. The van der Waals surface area contributed by atoms with Gasteiger partial charge >= 0.3 is 0 Å². The second kappa shape index (κ2) is 9.09. The third-order valence-corrected chi connectivity index (χ3v) is 5.30. The van der Waals surface area contributed by atoms with Gasteiger partial charge in [-0.1, -0.05) is 31.0 Å². The van der Waals surface area contributed by atoms with E-state index in [1.54, 1.807) is 7.11 Å². The first-order valence-electron chi connectivity index (χ1n) is 8.86. The van der Waals surface area contributed by atoms with E-state index in [4.69, 9.17) is 4.74 Å². The van der Waals surface area contributed by atoms with Crippen LogP contribution >= 0.6 is 24.8 Å². The van der Waals surface area contributed by atoms with E-state index in [-0.39, 0.29) is 24.8 Å². The highest BCUT2D eigenvalue weighted by Crippen LogP contribution is 2.40. The molecule has 5 heteroatoms. The summed E-state index contributed by atoms with van der Waals surface area (Å²) in [7, 11) is 1.73. The molecular weight excluding hydrogens is 355 g/mol. The number of fused-ring (bicyclic) bond motifs is 1. The number of nitrogens with zero attached hydrogens (tertiary/aromatic N) is 1. The summed E-state index contributed by atoms with van der Waals surface area (Å²) in [6.45, 7) is 4.56. The molecule has 1 saturated heterocycles. The van der Waals surface area contributed by atoms with Gasteiger partial charge < -0.3 is 10.1 Å². The van der Waals surface area contributed by atoms with Gasteiger partial charge in [-0.15, -0.1) is 24.8 Å². The molecular formula is C20H28Cl2N2O. The van der Waals surface area contributed by atoms with Crippen LogP contribution in [0.15, 0.2) is 36.4 Å². The Morgan fingerprint density at radius 2 is 1.72 bits per heavy atom. The van der Waals surface area contributed by atoms with Crippen LogP contribution in [0.4, 0.5) is 0 Å². The SMILES string of the molecule is COc1ccc2cc([C@@H](CC3CC3)N3CCNCC3)ccc2c1.Cl.Cl. The molecule has 138 valence electrons. The predicted molar refractivity (Wildman–Crippen MR) is 110 cm³/mol. The molecule has 1 heterocycles. The zero-order valence-electron chi connectivity index (χ0n) is 14.7. The first kappa shape index (κ1) is 20.3. The van der Waals surface area contributed by atoms with E-state index < -0.39 is 0 Å². The average Bonchev–Trinajstić information content (AvgIpc) is 3.44. The lowest BCUT2D eigenvalue weighted by Crippen LogP contribution is -2.45. The smallest absolute Gasteiger partial charge is 0.119 e. The van der Waals surface area contributed by atoms with Gasteiger partial charge in [-0.2, -0.15) is 0 Å². The number of methoxy groups -OCH3 is 1. The van der Waals surface area contributed by atoms with Crippen molar-refractivity contribution < 1.29 is 4.74 Å². The Balaban J connectivity index is 0.00000113. The topological polar surface area (TPSA) is 24.5 Å². The van der Waals surface area contributed by atoms with E-state index in [1.807, 2.05) is 0 Å². The normalized spacial score (nSPS) is 18.9. The molecule has 1 atom stereocenters. The fraction of sp³-hybridized carbons (Fsp3) is 0.500. The molecule has 1 saturated carbocycles. The molecule has 1 N–H and O–H groups in total. The van der Waals surface area contributed by atoms with Crippen molar-refractivity contribution in [3.05, 3.63) is 42.0 Å². The predicted octanol–water partition coefficient (Wildman–Crippen LogP) is 4.44. The van der Waals surface area contributed by atoms with Crippen LogP contribution in [0.25, 0.3) is 10.8 Å². The van der Waals surface area contributed by atoms with Crippen LogP contribution in [0, 0.1) is 5.92 Å². The Morgan fingerprint density at radius 1 is 1.04 bits per heavy atom. The van der Waals surface area contributed by atoms with Gasteiger partial charge in [-0.3, -0.25) is 4.90 Å². The monoisotopic (exact) mass is 382 g/mol. The van der Waals surface area contributed by atoms with Crippen molar-refractivity contribution >= 4 is 35.6 Å². The van der Waals surface area contributed by atoms with Crippen LogP contribution in [-0.4, -0.2) is 38.2 Å². The first-order chi connectivity index (χ1) is 11.3. The molecule has 2 fully saturated rings. The molecule has 0 amide bonds. The molecule has 2 aromatic carbocycles. The summed E-state index contributed by atoms with van der Waals surface area (Å²) in [5.74, 6) is 1.88. The van der Waals surface area contributed by atoms with Crippen LogP contribution < -0.4 is 10.1 Å². The van der Waals surface area contributed by atoms with Crippen molar-refractivity contribution in [2.24, 2.45) is 5.92 Å². The van der Waals surface area contributed by atoms with E-state index in [9.17, 15) is 0 Å². The summed E-state index contributed by atoms with van der Waals surface area (Å²) in [5, 5.41) is 6.06. The van der Waals surface area contributed by atoms with Gasteiger partial charge in [0.2, 0.25) is 0 Å². The maximum Gasteiger partial charge on any atom is 0.119 e. The number of halogens is 2. The lowest BCUT2D eigenvalue weighted by atomic mass is 9.96. The number of nitrogens with one attached hydrogen (secondary N) is 1. The molecule has 0 unspecified atom stereocenters. The summed E-state index contributed by atoms with van der Waals surface area (Å²) in [4.78, 5) is 2.68. The number of hydrogen-bond donors (Lipinski definition) is 1. The summed E-state index contributed by atoms with van der Waals surface area (Å²) in [5.41, 5.74) is 1.48. The van der Waals surface area contributed by atoms with Gasteiger partial charge in [0.1, 0.15) is 5.75 Å². The Bertz CT molecular complexity index is 684. The van der Waals surface area contributed by atoms with Gasteiger partial charge in [0.15, 0.2) is 0 Å². The van der Waals surface area contributed by atoms with Crippen molar-refractivity contribution in [3.63, 3.8) is 0 Å². The van der Waals surface area contributed by atoms with Gasteiger partial charge in [-0.05, 0) is 46.9 Å². The van der Waals surface area contributed by atoms with Crippen molar-refractivity contribution in [2.75, 3.05) is 33.3 Å². The Labute approximate surface area is 162 Å². The second-order valence-corrected chi connectivity index (χ2v) is 6.95. The minimum absolute atomic E-state index is 0. The highest BCUT2D eigenvalue weighted by molar-refractivity contribution is 5.86. The summed E-state index contributed by atoms with van der Waals surface area (Å²) >= 11 is 0. The zero-order chi connectivity index (χ0) is 15.6. The van der Waals surface area contributed by atoms with Crippen LogP contribution in [0.2, 0.25) is 0 Å². The van der Waals surface area contributed by atoms with Gasteiger partial charge in [0, 0.05) is 32.2 Å². The minimum Gasteiger partial charge on any atom is -0.497 e. The van der Waals surface area contributed by atoms with Crippen molar-refractivity contribution in [3.8, 4) is 5.75 Å². The maximum atomic E-state index is 5.34. The summed E-state index contributed by atoms with van der Waals surface area (Å²) < 4.78 is 5.34. The Kier molecular flexibility index (Phi) is 7.38. The highest BCUT2D eigenvalue weighted by Gasteiger charge is 2.30. The number of piperazine rings is 1. The fourth-order valence-electron chi connectivity index (χ4n) is 3.74. The van der Waals surface area contributed by atoms with Crippen molar-refractivity contribution in [1.29, 1.82) is 0 Å². The second-order valence-electron chi connectivity index (χ2n) is 6.95. The van der Waals surface area contributed by atoms with E-state index in [1.165, 1.54) is 35.6 Å². The van der Waals surface area contributed by atoms with E-state index in [0.717, 1.165) is 37.8 Å². The first-order valence-corrected chi connectivity index (χ1v) is 8.86. The fourth-order valence-corrected chi connectivity index (χ4v) is 3.74. The van der Waals surface area contributed by atoms with Crippen LogP contribution in [0.5, 0.6) is 5.75 Å². The van der Waals surface area contributed by atoms with Crippen molar-refractivity contribution in [1.82, 2.24) is 10.2 Å². The van der Waals surface area contributed by atoms with E-state index >= 15 is 0 Å². The molecule has 4 rings (SSSR count). The molecule has 1 aliphatic heterocycles. The molecule has 0 spiro atoms. The average molecular weight is 383 g/mol. The minimum atomic E-state index is 0. The zero-order valence-corrected chi connectivity index (χ0v) is 16.4. The number of ether oxygens (including phenoxy) is 1. The standard InChI is InChI=1S/C20H26N2O.2ClH/c1-23-19-7-6-16-13-18(5-4-17(16)14-19)20(12-15-2-3-15)22-10-8-21-9-11-22;;/h4-7,13-15,20-21H,2-3,8-12H2,1H3;2*1H/t20-;;/m1../s1. The molecule has 1 aliphatic carbocycles. The lowest BCUT2D eigenvalue weighted by molar-refractivity contribution is 0.160. The highest BCUT2D eigenvalue weighted by atomic mass is 35.5. The third kappa shape index (κ3) is 4.79. The lowest BCUT2D eigenvalue weighted by Gasteiger charge is -2.35. The van der Waals surface area contributed by atoms with Gasteiger partial charge in [0.05, 0.1) is 7.11 Å². The van der Waals surface area contributed by atoms with E-state index in [2.05, 4.69) is 46.6 Å². The van der Waals surface area contributed by atoms with Crippen molar-refractivity contribution in [2.45, 2.75) is 25.3 Å². The van der Waals surface area contributed by atoms with E-state index in [0.29, 0.717) is 6.04 Å². The molecule has 2 aliphatic rings.